The Labute approximate surface area is 121 Å². The highest BCUT2D eigenvalue weighted by molar-refractivity contribution is 5.76. The van der Waals surface area contributed by atoms with Crippen LogP contribution in [-0.4, -0.2) is 41.6 Å². The van der Waals surface area contributed by atoms with Crippen molar-refractivity contribution in [2.24, 2.45) is 5.92 Å². The van der Waals surface area contributed by atoms with Gasteiger partial charge >= 0.3 is 12.0 Å². The van der Waals surface area contributed by atoms with E-state index in [1.54, 1.807) is 11.9 Å². The first-order valence-corrected chi connectivity index (χ1v) is 7.80. The van der Waals surface area contributed by atoms with Gasteiger partial charge in [-0.25, -0.2) is 4.79 Å². The maximum atomic E-state index is 12.1. The molecule has 2 N–H and O–H groups in total. The van der Waals surface area contributed by atoms with Crippen molar-refractivity contribution in [3.8, 4) is 0 Å². The molecule has 1 aliphatic rings. The molecule has 0 aliphatic heterocycles. The molecular weight excluding hydrogens is 256 g/mol. The number of aliphatic carboxylic acids is 1. The second-order valence-electron chi connectivity index (χ2n) is 5.77. The first-order valence-electron chi connectivity index (χ1n) is 7.80. The van der Waals surface area contributed by atoms with Crippen LogP contribution in [0.1, 0.15) is 58.3 Å². The molecule has 0 aromatic heterocycles. The van der Waals surface area contributed by atoms with Crippen molar-refractivity contribution in [1.29, 1.82) is 0 Å². The number of hydrogen-bond acceptors (Lipinski definition) is 2. The third-order valence-electron chi connectivity index (χ3n) is 4.09. The van der Waals surface area contributed by atoms with Gasteiger partial charge in [-0.3, -0.25) is 4.79 Å². The molecule has 1 aliphatic carbocycles. The van der Waals surface area contributed by atoms with E-state index in [1.165, 1.54) is 0 Å². The number of carbonyl (C=O) groups is 2. The first kappa shape index (κ1) is 16.8. The number of rotatable bonds is 6. The van der Waals surface area contributed by atoms with Crippen molar-refractivity contribution >= 4 is 12.0 Å². The standard InChI is InChI=1S/C15H28N2O3/c1-3-4-8-11-17(2)15(20)16-13-10-7-5-6-9-12(13)14(18)19/h12-13H,3-11H2,1-2H3,(H,16,20)(H,18,19). The lowest BCUT2D eigenvalue weighted by molar-refractivity contribution is -0.142. The number of carboxylic acid groups (broad SMARTS) is 1. The van der Waals surface area contributed by atoms with Crippen LogP contribution in [0.4, 0.5) is 4.79 Å². The Morgan fingerprint density at radius 1 is 1.20 bits per heavy atom. The zero-order chi connectivity index (χ0) is 15.0. The average molecular weight is 284 g/mol. The highest BCUT2D eigenvalue weighted by atomic mass is 16.4. The van der Waals surface area contributed by atoms with Crippen molar-refractivity contribution < 1.29 is 14.7 Å². The van der Waals surface area contributed by atoms with Gasteiger partial charge in [0.05, 0.1) is 5.92 Å². The quantitative estimate of drug-likeness (QED) is 0.582. The summed E-state index contributed by atoms with van der Waals surface area (Å²) in [4.78, 5) is 25.1. The Morgan fingerprint density at radius 2 is 1.90 bits per heavy atom. The first-order chi connectivity index (χ1) is 9.56. The SMILES string of the molecule is CCCCCN(C)C(=O)NC1CCCCCC1C(=O)O. The third-order valence-corrected chi connectivity index (χ3v) is 4.09. The van der Waals surface area contributed by atoms with E-state index in [9.17, 15) is 14.7 Å². The third kappa shape index (κ3) is 5.39. The summed E-state index contributed by atoms with van der Waals surface area (Å²) in [6, 6.07) is -0.365. The fraction of sp³-hybridized carbons (Fsp3) is 0.867. The van der Waals surface area contributed by atoms with Gasteiger partial charge in [0.2, 0.25) is 0 Å². The number of nitrogens with zero attached hydrogens (tertiary/aromatic N) is 1. The number of amides is 2. The molecule has 1 fully saturated rings. The summed E-state index contributed by atoms with van der Waals surface area (Å²) in [6.45, 7) is 2.85. The van der Waals surface area contributed by atoms with E-state index in [2.05, 4.69) is 12.2 Å². The van der Waals surface area contributed by atoms with Crippen LogP contribution in [-0.2, 0) is 4.79 Å². The maximum Gasteiger partial charge on any atom is 0.317 e. The van der Waals surface area contributed by atoms with Crippen LogP contribution in [0.3, 0.4) is 0 Å². The molecule has 20 heavy (non-hydrogen) atoms. The molecule has 0 aromatic carbocycles. The summed E-state index contributed by atoms with van der Waals surface area (Å²) in [7, 11) is 1.78. The van der Waals surface area contributed by atoms with Crippen molar-refractivity contribution in [3.05, 3.63) is 0 Å². The van der Waals surface area contributed by atoms with Gasteiger partial charge in [0.25, 0.3) is 0 Å². The van der Waals surface area contributed by atoms with Gasteiger partial charge in [-0.15, -0.1) is 0 Å². The highest BCUT2D eigenvalue weighted by Crippen LogP contribution is 2.24. The predicted octanol–water partition coefficient (Wildman–Crippen LogP) is 2.85. The molecule has 2 amide bonds. The monoisotopic (exact) mass is 284 g/mol. The number of carbonyl (C=O) groups excluding carboxylic acids is 1. The second-order valence-corrected chi connectivity index (χ2v) is 5.77. The minimum Gasteiger partial charge on any atom is -0.481 e. The zero-order valence-electron chi connectivity index (χ0n) is 12.7. The van der Waals surface area contributed by atoms with E-state index in [4.69, 9.17) is 0 Å². The topological polar surface area (TPSA) is 69.6 Å². The smallest absolute Gasteiger partial charge is 0.317 e. The summed E-state index contributed by atoms with van der Waals surface area (Å²) >= 11 is 0. The molecule has 0 radical (unpaired) electrons. The summed E-state index contributed by atoms with van der Waals surface area (Å²) in [6.07, 6.45) is 7.66. The van der Waals surface area contributed by atoms with Crippen LogP contribution in [0.25, 0.3) is 0 Å². The van der Waals surface area contributed by atoms with Gasteiger partial charge < -0.3 is 15.3 Å². The summed E-state index contributed by atoms with van der Waals surface area (Å²) in [5, 5.41) is 12.2. The Morgan fingerprint density at radius 3 is 2.55 bits per heavy atom. The summed E-state index contributed by atoms with van der Waals surface area (Å²) < 4.78 is 0. The Bertz CT molecular complexity index is 320. The van der Waals surface area contributed by atoms with Crippen molar-refractivity contribution in [2.45, 2.75) is 64.3 Å². The Hall–Kier alpha value is -1.26. The normalized spacial score (nSPS) is 22.9. The Kier molecular flexibility index (Phi) is 7.41. The van der Waals surface area contributed by atoms with Gasteiger partial charge in [-0.2, -0.15) is 0 Å². The van der Waals surface area contributed by atoms with E-state index in [1.807, 2.05) is 0 Å². The van der Waals surface area contributed by atoms with E-state index < -0.39 is 11.9 Å². The van der Waals surface area contributed by atoms with Crippen molar-refractivity contribution in [2.75, 3.05) is 13.6 Å². The van der Waals surface area contributed by atoms with Crippen LogP contribution in [0.15, 0.2) is 0 Å². The van der Waals surface area contributed by atoms with Crippen LogP contribution in [0, 0.1) is 5.92 Å². The number of hydrogen-bond donors (Lipinski definition) is 2. The minimum absolute atomic E-state index is 0.140. The molecule has 2 unspecified atom stereocenters. The molecule has 5 nitrogen and oxygen atoms in total. The van der Waals surface area contributed by atoms with Crippen molar-refractivity contribution in [3.63, 3.8) is 0 Å². The second kappa shape index (κ2) is 8.82. The van der Waals surface area contributed by atoms with Crippen LogP contribution in [0.2, 0.25) is 0 Å². The fourth-order valence-electron chi connectivity index (χ4n) is 2.75. The maximum absolute atomic E-state index is 12.1. The number of unbranched alkanes of at least 4 members (excludes halogenated alkanes) is 2. The highest BCUT2D eigenvalue weighted by Gasteiger charge is 2.31. The number of carboxylic acids is 1. The predicted molar refractivity (Wildman–Crippen MR) is 78.7 cm³/mol. The molecular formula is C15H28N2O3. The lowest BCUT2D eigenvalue weighted by Gasteiger charge is -2.26. The lowest BCUT2D eigenvalue weighted by atomic mass is 9.95. The van der Waals surface area contributed by atoms with Crippen molar-refractivity contribution in [1.82, 2.24) is 10.2 Å². The van der Waals surface area contributed by atoms with Gasteiger partial charge in [0, 0.05) is 19.6 Å². The molecule has 1 rings (SSSR count). The molecule has 0 heterocycles. The molecule has 0 aromatic rings. The van der Waals surface area contributed by atoms with Gasteiger partial charge in [0.1, 0.15) is 0 Å². The molecule has 5 heteroatoms. The fourth-order valence-corrected chi connectivity index (χ4v) is 2.75. The molecule has 0 spiro atoms. The summed E-state index contributed by atoms with van der Waals surface area (Å²) in [5.41, 5.74) is 0. The number of nitrogens with one attached hydrogen (secondary N) is 1. The van der Waals surface area contributed by atoms with Crippen LogP contribution >= 0.6 is 0 Å². The van der Waals surface area contributed by atoms with E-state index in [-0.39, 0.29) is 12.1 Å². The Balaban J connectivity index is 2.50. The largest absolute Gasteiger partial charge is 0.481 e. The van der Waals surface area contributed by atoms with Crippen LogP contribution in [0.5, 0.6) is 0 Å². The molecule has 1 saturated carbocycles. The van der Waals surface area contributed by atoms with E-state index in [0.717, 1.165) is 51.5 Å². The van der Waals surface area contributed by atoms with Crippen LogP contribution < -0.4 is 5.32 Å². The van der Waals surface area contributed by atoms with E-state index in [0.29, 0.717) is 6.42 Å². The average Bonchev–Trinajstić information content (AvgIpc) is 2.64. The van der Waals surface area contributed by atoms with Gasteiger partial charge in [-0.1, -0.05) is 39.0 Å². The summed E-state index contributed by atoms with van der Waals surface area (Å²) in [5.74, 6) is -1.23. The van der Waals surface area contributed by atoms with Gasteiger partial charge in [0.15, 0.2) is 0 Å². The van der Waals surface area contributed by atoms with E-state index >= 15 is 0 Å². The molecule has 116 valence electrons. The molecule has 0 saturated heterocycles. The molecule has 2 atom stereocenters. The lowest BCUT2D eigenvalue weighted by Crippen LogP contribution is -2.48. The zero-order valence-corrected chi connectivity index (χ0v) is 12.7. The number of urea groups is 1. The molecule has 0 bridgehead atoms. The minimum atomic E-state index is -0.786. The van der Waals surface area contributed by atoms with Gasteiger partial charge in [-0.05, 0) is 19.3 Å².